The van der Waals surface area contributed by atoms with E-state index in [4.69, 9.17) is 10.6 Å². The van der Waals surface area contributed by atoms with Gasteiger partial charge in [-0.25, -0.2) is 10.8 Å². The number of fused-ring (bicyclic) bond motifs is 1. The van der Waals surface area contributed by atoms with Crippen molar-refractivity contribution < 1.29 is 9.53 Å². The highest BCUT2D eigenvalue weighted by atomic mass is 79.9. The number of aryl methyl sites for hydroxylation is 1. The zero-order valence-corrected chi connectivity index (χ0v) is 12.5. The SMILES string of the molecule is NNc1ncc(Br)c(Oc2ccc3c(c2)CCC(=O)N3)n1. The van der Waals surface area contributed by atoms with Crippen molar-refractivity contribution >= 4 is 33.5 Å². The van der Waals surface area contributed by atoms with E-state index in [0.717, 1.165) is 11.3 Å². The van der Waals surface area contributed by atoms with Crippen molar-refractivity contribution in [2.24, 2.45) is 5.84 Å². The zero-order valence-electron chi connectivity index (χ0n) is 10.9. The molecule has 3 rings (SSSR count). The Bertz CT molecular complexity index is 707. The molecule has 0 unspecified atom stereocenters. The maximum absolute atomic E-state index is 11.3. The maximum Gasteiger partial charge on any atom is 0.240 e. The number of nitrogens with two attached hydrogens (primary N) is 1. The number of aromatic nitrogens is 2. The van der Waals surface area contributed by atoms with E-state index in [2.05, 4.69) is 36.6 Å². The second-order valence-corrected chi connectivity index (χ2v) is 5.31. The highest BCUT2D eigenvalue weighted by Crippen LogP contribution is 2.31. The lowest BCUT2D eigenvalue weighted by atomic mass is 10.0. The number of anilines is 2. The van der Waals surface area contributed by atoms with Crippen LogP contribution in [0.2, 0.25) is 0 Å². The lowest BCUT2D eigenvalue weighted by Gasteiger charge is -2.17. The number of ether oxygens (including phenoxy) is 1. The summed E-state index contributed by atoms with van der Waals surface area (Å²) >= 11 is 3.32. The summed E-state index contributed by atoms with van der Waals surface area (Å²) in [7, 11) is 0. The number of nitrogens with zero attached hydrogens (tertiary/aromatic N) is 2. The van der Waals surface area contributed by atoms with E-state index in [1.165, 1.54) is 0 Å². The third-order valence-electron chi connectivity index (χ3n) is 3.03. The fraction of sp³-hybridized carbons (Fsp3) is 0.154. The monoisotopic (exact) mass is 349 g/mol. The van der Waals surface area contributed by atoms with Crippen LogP contribution in [0.4, 0.5) is 11.6 Å². The number of halogens is 1. The molecule has 1 aromatic heterocycles. The topological polar surface area (TPSA) is 102 Å². The van der Waals surface area contributed by atoms with Crippen molar-refractivity contribution in [3.63, 3.8) is 0 Å². The number of nitrogen functional groups attached to an aromatic ring is 1. The number of rotatable bonds is 3. The molecule has 0 bridgehead atoms. The first-order valence-corrected chi connectivity index (χ1v) is 7.05. The van der Waals surface area contributed by atoms with Crippen LogP contribution >= 0.6 is 15.9 Å². The number of hydrogen-bond acceptors (Lipinski definition) is 6. The molecule has 1 amide bonds. The van der Waals surface area contributed by atoms with Crippen LogP contribution in [0, 0.1) is 0 Å². The Kier molecular flexibility index (Phi) is 3.72. The summed E-state index contributed by atoms with van der Waals surface area (Å²) in [6, 6.07) is 5.48. The first-order chi connectivity index (χ1) is 10.2. The highest BCUT2D eigenvalue weighted by Gasteiger charge is 2.16. The molecule has 0 saturated heterocycles. The number of nitrogens with one attached hydrogen (secondary N) is 2. The Balaban J connectivity index is 1.87. The van der Waals surface area contributed by atoms with Crippen LogP contribution in [0.3, 0.4) is 0 Å². The molecule has 0 saturated carbocycles. The van der Waals surface area contributed by atoms with E-state index in [0.29, 0.717) is 28.9 Å². The summed E-state index contributed by atoms with van der Waals surface area (Å²) in [5, 5.41) is 2.82. The summed E-state index contributed by atoms with van der Waals surface area (Å²) in [6.45, 7) is 0. The summed E-state index contributed by atoms with van der Waals surface area (Å²) in [5.41, 5.74) is 4.22. The van der Waals surface area contributed by atoms with Gasteiger partial charge in [0.25, 0.3) is 0 Å². The van der Waals surface area contributed by atoms with Crippen LogP contribution in [0.25, 0.3) is 0 Å². The first-order valence-electron chi connectivity index (χ1n) is 6.25. The predicted molar refractivity (Wildman–Crippen MR) is 81.0 cm³/mol. The Hall–Kier alpha value is -2.19. The predicted octanol–water partition coefficient (Wildman–Crippen LogP) is 2.20. The Morgan fingerprint density at radius 2 is 2.24 bits per heavy atom. The van der Waals surface area contributed by atoms with Crippen LogP contribution in [0.1, 0.15) is 12.0 Å². The van der Waals surface area contributed by atoms with E-state index in [9.17, 15) is 4.79 Å². The van der Waals surface area contributed by atoms with E-state index < -0.39 is 0 Å². The fourth-order valence-corrected chi connectivity index (χ4v) is 2.30. The Morgan fingerprint density at radius 3 is 3.05 bits per heavy atom. The van der Waals surface area contributed by atoms with Gasteiger partial charge in [-0.15, -0.1) is 0 Å². The van der Waals surface area contributed by atoms with Gasteiger partial charge in [0.1, 0.15) is 5.75 Å². The van der Waals surface area contributed by atoms with Crippen molar-refractivity contribution in [3.8, 4) is 11.6 Å². The van der Waals surface area contributed by atoms with Crippen LogP contribution in [-0.4, -0.2) is 15.9 Å². The summed E-state index contributed by atoms with van der Waals surface area (Å²) < 4.78 is 6.36. The first kappa shape index (κ1) is 13.8. The van der Waals surface area contributed by atoms with Crippen molar-refractivity contribution in [1.29, 1.82) is 0 Å². The molecule has 108 valence electrons. The molecule has 7 nitrogen and oxygen atoms in total. The third kappa shape index (κ3) is 2.96. The van der Waals surface area contributed by atoms with Gasteiger partial charge < -0.3 is 10.1 Å². The zero-order chi connectivity index (χ0) is 14.8. The maximum atomic E-state index is 11.3. The van der Waals surface area contributed by atoms with Crippen molar-refractivity contribution in [1.82, 2.24) is 9.97 Å². The molecule has 1 aliphatic heterocycles. The van der Waals surface area contributed by atoms with Crippen LogP contribution < -0.4 is 21.3 Å². The van der Waals surface area contributed by atoms with Gasteiger partial charge in [-0.2, -0.15) is 4.98 Å². The van der Waals surface area contributed by atoms with Crippen molar-refractivity contribution in [3.05, 3.63) is 34.4 Å². The Labute approximate surface area is 129 Å². The molecule has 21 heavy (non-hydrogen) atoms. The van der Waals surface area contributed by atoms with Gasteiger partial charge in [0, 0.05) is 12.1 Å². The Morgan fingerprint density at radius 1 is 1.38 bits per heavy atom. The standard InChI is InChI=1S/C13H12BrN5O2/c14-9-6-16-13(19-15)18-12(9)21-8-2-3-10-7(5-8)1-4-11(20)17-10/h2-3,5-6H,1,4,15H2,(H,17,20)(H,16,18,19). The molecule has 2 heterocycles. The van der Waals surface area contributed by atoms with Gasteiger partial charge in [0.05, 0.1) is 10.7 Å². The summed E-state index contributed by atoms with van der Waals surface area (Å²) in [6.07, 6.45) is 2.73. The van der Waals surface area contributed by atoms with Crippen molar-refractivity contribution in [2.45, 2.75) is 12.8 Å². The van der Waals surface area contributed by atoms with Gasteiger partial charge in [-0.3, -0.25) is 10.2 Å². The van der Waals surface area contributed by atoms with Gasteiger partial charge in [0.15, 0.2) is 0 Å². The minimum absolute atomic E-state index is 0.0355. The number of carbonyl (C=O) groups excluding carboxylic acids is 1. The number of hydrogen-bond donors (Lipinski definition) is 3. The van der Waals surface area contributed by atoms with E-state index in [-0.39, 0.29) is 11.9 Å². The molecular weight excluding hydrogens is 338 g/mol. The van der Waals surface area contributed by atoms with Gasteiger partial charge in [-0.05, 0) is 46.1 Å². The van der Waals surface area contributed by atoms with Gasteiger partial charge in [-0.1, -0.05) is 0 Å². The molecule has 0 aliphatic carbocycles. The summed E-state index contributed by atoms with van der Waals surface area (Å²) in [5.74, 6) is 6.57. The smallest absolute Gasteiger partial charge is 0.240 e. The molecule has 1 aliphatic rings. The quantitative estimate of drug-likeness (QED) is 0.579. The molecule has 1 aromatic carbocycles. The largest absolute Gasteiger partial charge is 0.438 e. The molecule has 0 spiro atoms. The lowest BCUT2D eigenvalue weighted by Crippen LogP contribution is -2.18. The minimum atomic E-state index is 0.0355. The van der Waals surface area contributed by atoms with Crippen LogP contribution in [0.15, 0.2) is 28.9 Å². The molecule has 0 atom stereocenters. The van der Waals surface area contributed by atoms with E-state index in [1.807, 2.05) is 12.1 Å². The average Bonchev–Trinajstić information content (AvgIpc) is 2.49. The highest BCUT2D eigenvalue weighted by molar-refractivity contribution is 9.10. The van der Waals surface area contributed by atoms with E-state index >= 15 is 0 Å². The number of carbonyl (C=O) groups is 1. The van der Waals surface area contributed by atoms with Crippen LogP contribution in [-0.2, 0) is 11.2 Å². The van der Waals surface area contributed by atoms with Crippen LogP contribution in [0.5, 0.6) is 11.6 Å². The third-order valence-corrected chi connectivity index (χ3v) is 3.57. The molecule has 0 radical (unpaired) electrons. The van der Waals surface area contributed by atoms with Gasteiger partial charge in [0.2, 0.25) is 17.7 Å². The van der Waals surface area contributed by atoms with Gasteiger partial charge >= 0.3 is 0 Å². The molecule has 2 aromatic rings. The van der Waals surface area contributed by atoms with Crippen molar-refractivity contribution in [2.75, 3.05) is 10.7 Å². The minimum Gasteiger partial charge on any atom is -0.438 e. The van der Waals surface area contributed by atoms with E-state index in [1.54, 1.807) is 12.3 Å². The average molecular weight is 350 g/mol. The number of amides is 1. The normalized spacial score (nSPS) is 13.3. The molecule has 8 heteroatoms. The second kappa shape index (κ2) is 5.66. The number of hydrazine groups is 1. The fourth-order valence-electron chi connectivity index (χ4n) is 2.03. The molecule has 4 N–H and O–H groups in total. The molecular formula is C13H12BrN5O2. The lowest BCUT2D eigenvalue weighted by molar-refractivity contribution is -0.116. The molecule has 0 fully saturated rings. The second-order valence-electron chi connectivity index (χ2n) is 4.46. The number of benzene rings is 1. The summed E-state index contributed by atoms with van der Waals surface area (Å²) in [4.78, 5) is 19.4.